The molecule has 90 valence electrons. The number of carboxylic acids is 3. The van der Waals surface area contributed by atoms with Crippen LogP contribution in [0, 0.1) is 0 Å². The Bertz CT molecular complexity index is 193. The molecular weight excluding hydrogens is 212 g/mol. The molecular formula is C7H14O8. The highest BCUT2D eigenvalue weighted by Crippen LogP contribution is 1.73. The first kappa shape index (κ1) is 19.0. The highest BCUT2D eigenvalue weighted by atomic mass is 16.4. The molecule has 0 bridgehead atoms. The number of aliphatic hydroxyl groups excluding tert-OH is 2. The fraction of sp³-hybridized carbons (Fsp3) is 0.571. The van der Waals surface area contributed by atoms with E-state index in [1.54, 1.807) is 0 Å². The van der Waals surface area contributed by atoms with Crippen LogP contribution in [0.4, 0.5) is 0 Å². The molecule has 1 unspecified atom stereocenters. The van der Waals surface area contributed by atoms with Gasteiger partial charge in [0.2, 0.25) is 0 Å². The Hall–Kier alpha value is -1.67. The van der Waals surface area contributed by atoms with Crippen LogP contribution in [0.5, 0.6) is 0 Å². The van der Waals surface area contributed by atoms with Crippen LogP contribution in [-0.2, 0) is 14.4 Å². The SMILES string of the molecule is CC(=O)O.CC(O)C(=O)O.O=C(O)CO. The molecule has 8 nitrogen and oxygen atoms in total. The lowest BCUT2D eigenvalue weighted by molar-refractivity contribution is -0.145. The normalized spacial score (nSPS) is 9.60. The molecule has 0 aliphatic carbocycles. The van der Waals surface area contributed by atoms with Gasteiger partial charge in [-0.05, 0) is 6.92 Å². The van der Waals surface area contributed by atoms with Crippen molar-refractivity contribution in [1.82, 2.24) is 0 Å². The maximum Gasteiger partial charge on any atom is 0.332 e. The fourth-order valence-corrected chi connectivity index (χ4v) is 0. The van der Waals surface area contributed by atoms with Crippen LogP contribution in [0.3, 0.4) is 0 Å². The summed E-state index contributed by atoms with van der Waals surface area (Å²) in [4.78, 5) is 27.6. The van der Waals surface area contributed by atoms with Crippen LogP contribution >= 0.6 is 0 Å². The third-order valence-electron chi connectivity index (χ3n) is 0.493. The Balaban J connectivity index is -0.000000147. The summed E-state index contributed by atoms with van der Waals surface area (Å²) >= 11 is 0. The summed E-state index contributed by atoms with van der Waals surface area (Å²) in [7, 11) is 0. The van der Waals surface area contributed by atoms with Crippen molar-refractivity contribution in [3.05, 3.63) is 0 Å². The van der Waals surface area contributed by atoms with Crippen LogP contribution < -0.4 is 0 Å². The van der Waals surface area contributed by atoms with Crippen molar-refractivity contribution >= 4 is 17.9 Å². The Morgan fingerprint density at radius 2 is 1.27 bits per heavy atom. The summed E-state index contributed by atoms with van der Waals surface area (Å²) in [5.74, 6) is -3.21. The molecule has 1 atom stereocenters. The average molecular weight is 226 g/mol. The lowest BCUT2D eigenvalue weighted by Gasteiger charge is -1.89. The average Bonchev–Trinajstić information content (AvgIpc) is 2.04. The summed E-state index contributed by atoms with van der Waals surface area (Å²) in [6.07, 6.45) is -1.23. The molecule has 0 rings (SSSR count). The number of rotatable bonds is 2. The van der Waals surface area contributed by atoms with E-state index in [2.05, 4.69) is 0 Å². The van der Waals surface area contributed by atoms with Crippen molar-refractivity contribution in [3.8, 4) is 0 Å². The van der Waals surface area contributed by atoms with Gasteiger partial charge in [0, 0.05) is 6.92 Å². The molecule has 0 radical (unpaired) electrons. The van der Waals surface area contributed by atoms with E-state index in [4.69, 9.17) is 35.1 Å². The number of aliphatic hydroxyl groups is 2. The van der Waals surface area contributed by atoms with Crippen molar-refractivity contribution < 1.29 is 39.9 Å². The molecule has 0 saturated heterocycles. The maximum absolute atomic E-state index is 9.45. The molecule has 0 aromatic carbocycles. The molecule has 0 amide bonds. The van der Waals surface area contributed by atoms with Crippen molar-refractivity contribution in [3.63, 3.8) is 0 Å². The summed E-state index contributed by atoms with van der Waals surface area (Å²) in [5.41, 5.74) is 0. The molecule has 8 heteroatoms. The topological polar surface area (TPSA) is 152 Å². The van der Waals surface area contributed by atoms with Gasteiger partial charge < -0.3 is 25.5 Å². The van der Waals surface area contributed by atoms with E-state index < -0.39 is 30.6 Å². The summed E-state index contributed by atoms with van der Waals surface area (Å²) in [6, 6.07) is 0. The molecule has 0 aliphatic rings. The smallest absolute Gasteiger partial charge is 0.332 e. The quantitative estimate of drug-likeness (QED) is 0.385. The van der Waals surface area contributed by atoms with Crippen molar-refractivity contribution in [1.29, 1.82) is 0 Å². The van der Waals surface area contributed by atoms with Gasteiger partial charge in [-0.15, -0.1) is 0 Å². The fourth-order valence-electron chi connectivity index (χ4n) is 0. The van der Waals surface area contributed by atoms with Crippen LogP contribution in [0.2, 0.25) is 0 Å². The van der Waals surface area contributed by atoms with E-state index in [1.165, 1.54) is 6.92 Å². The van der Waals surface area contributed by atoms with E-state index >= 15 is 0 Å². The Morgan fingerprint density at radius 1 is 1.13 bits per heavy atom. The van der Waals surface area contributed by atoms with Gasteiger partial charge in [0.15, 0.2) is 0 Å². The highest BCUT2D eigenvalue weighted by molar-refractivity contribution is 5.71. The molecule has 15 heavy (non-hydrogen) atoms. The van der Waals surface area contributed by atoms with E-state index in [0.717, 1.165) is 6.92 Å². The summed E-state index contributed by atoms with van der Waals surface area (Å²) in [5, 5.41) is 38.2. The molecule has 5 N–H and O–H groups in total. The first-order valence-corrected chi connectivity index (χ1v) is 3.58. The molecule has 0 saturated carbocycles. The van der Waals surface area contributed by atoms with Gasteiger partial charge in [0.05, 0.1) is 0 Å². The second-order valence-electron chi connectivity index (χ2n) is 2.09. The van der Waals surface area contributed by atoms with Gasteiger partial charge in [0.1, 0.15) is 12.7 Å². The third-order valence-corrected chi connectivity index (χ3v) is 0.493. The third kappa shape index (κ3) is 70.2. The van der Waals surface area contributed by atoms with Gasteiger partial charge in [0.25, 0.3) is 5.97 Å². The van der Waals surface area contributed by atoms with Crippen molar-refractivity contribution in [2.45, 2.75) is 20.0 Å². The molecule has 0 heterocycles. The number of hydrogen-bond donors (Lipinski definition) is 5. The highest BCUT2D eigenvalue weighted by Gasteiger charge is 2.01. The first-order chi connectivity index (χ1) is 6.64. The molecule has 0 aliphatic heterocycles. The molecule has 0 spiro atoms. The second kappa shape index (κ2) is 12.3. The largest absolute Gasteiger partial charge is 0.481 e. The minimum Gasteiger partial charge on any atom is -0.481 e. The lowest BCUT2D eigenvalue weighted by Crippen LogP contribution is -2.13. The van der Waals surface area contributed by atoms with E-state index in [-0.39, 0.29) is 0 Å². The van der Waals surface area contributed by atoms with Crippen LogP contribution in [0.15, 0.2) is 0 Å². The summed E-state index contributed by atoms with van der Waals surface area (Å²) < 4.78 is 0. The van der Waals surface area contributed by atoms with Gasteiger partial charge in [-0.25, -0.2) is 9.59 Å². The first-order valence-electron chi connectivity index (χ1n) is 3.58. The van der Waals surface area contributed by atoms with E-state index in [9.17, 15) is 4.79 Å². The predicted molar refractivity (Wildman–Crippen MR) is 47.3 cm³/mol. The lowest BCUT2D eigenvalue weighted by atomic mass is 10.4. The minimum absolute atomic E-state index is 0.778. The monoisotopic (exact) mass is 226 g/mol. The minimum atomic E-state index is -1.23. The zero-order chi connectivity index (χ0) is 13.0. The van der Waals surface area contributed by atoms with Crippen LogP contribution in [0.25, 0.3) is 0 Å². The van der Waals surface area contributed by atoms with Gasteiger partial charge >= 0.3 is 11.9 Å². The van der Waals surface area contributed by atoms with E-state index in [0.29, 0.717) is 0 Å². The standard InChI is InChI=1S/C3H6O3.C2H4O3.C2H4O2/c1-2(4)3(5)6;3-1-2(4)5;1-2(3)4/h2,4H,1H3,(H,5,6);3H,1H2,(H,4,5);1H3,(H,3,4). The number of carbonyl (C=O) groups is 3. The maximum atomic E-state index is 9.45. The van der Waals surface area contributed by atoms with Gasteiger partial charge in [-0.1, -0.05) is 0 Å². The van der Waals surface area contributed by atoms with Crippen molar-refractivity contribution in [2.24, 2.45) is 0 Å². The Kier molecular flexibility index (Phi) is 15.6. The number of carboxylic acid groups (broad SMARTS) is 3. The second-order valence-corrected chi connectivity index (χ2v) is 2.09. The molecule has 0 aromatic heterocycles. The van der Waals surface area contributed by atoms with Gasteiger partial charge in [-0.2, -0.15) is 0 Å². The predicted octanol–water partition coefficient (Wildman–Crippen LogP) is -1.39. The van der Waals surface area contributed by atoms with Crippen LogP contribution in [-0.4, -0.2) is 56.2 Å². The zero-order valence-corrected chi connectivity index (χ0v) is 8.25. The van der Waals surface area contributed by atoms with Crippen molar-refractivity contribution in [2.75, 3.05) is 6.61 Å². The molecule has 0 aromatic rings. The van der Waals surface area contributed by atoms with Crippen LogP contribution in [0.1, 0.15) is 13.8 Å². The van der Waals surface area contributed by atoms with Gasteiger partial charge in [-0.3, -0.25) is 4.79 Å². The molecule has 0 fully saturated rings. The van der Waals surface area contributed by atoms with E-state index in [1.807, 2.05) is 0 Å². The Morgan fingerprint density at radius 3 is 1.27 bits per heavy atom. The number of hydrogen-bond acceptors (Lipinski definition) is 5. The number of aliphatic carboxylic acids is 3. The Labute approximate surface area is 85.4 Å². The zero-order valence-electron chi connectivity index (χ0n) is 8.25. The summed E-state index contributed by atoms with van der Waals surface area (Å²) in [6.45, 7) is 1.50.